The normalized spacial score (nSPS) is 13.7. The number of aliphatic hydroxyl groups is 1. The van der Waals surface area contributed by atoms with E-state index in [1.54, 1.807) is 0 Å². The van der Waals surface area contributed by atoms with Crippen molar-refractivity contribution in [3.8, 4) is 5.75 Å². The molecule has 0 spiro atoms. The number of rotatable bonds is 5. The second-order valence-corrected chi connectivity index (χ2v) is 5.67. The highest BCUT2D eigenvalue weighted by Crippen LogP contribution is 2.30. The molecule has 17 heavy (non-hydrogen) atoms. The number of hydrogen-bond acceptors (Lipinski definition) is 2. The van der Waals surface area contributed by atoms with Crippen LogP contribution in [-0.2, 0) is 0 Å². The summed E-state index contributed by atoms with van der Waals surface area (Å²) in [5.74, 6) is 0.721. The standard InChI is InChI=1S/C15H24O2/c1-11-7-8-13(14(16)10-11)12(2)6-5-9-15(3,4)17/h7-8,10,12,16-17H,5-6,9H2,1-4H3/t12-/m0/s1. The SMILES string of the molecule is Cc1ccc([C@@H](C)CCCC(C)(C)O)c(O)c1. The summed E-state index contributed by atoms with van der Waals surface area (Å²) in [6.07, 6.45) is 2.75. The fourth-order valence-corrected chi connectivity index (χ4v) is 2.07. The predicted molar refractivity (Wildman–Crippen MR) is 71.4 cm³/mol. The molecule has 0 saturated heterocycles. The molecule has 2 nitrogen and oxygen atoms in total. The summed E-state index contributed by atoms with van der Waals surface area (Å²) >= 11 is 0. The Balaban J connectivity index is 2.55. The Bertz CT molecular complexity index is 364. The minimum atomic E-state index is -0.588. The summed E-state index contributed by atoms with van der Waals surface area (Å²) in [7, 11) is 0. The van der Waals surface area contributed by atoms with Crippen LogP contribution >= 0.6 is 0 Å². The van der Waals surface area contributed by atoms with Gasteiger partial charge in [0, 0.05) is 0 Å². The van der Waals surface area contributed by atoms with Gasteiger partial charge in [-0.2, -0.15) is 0 Å². The molecule has 0 unspecified atom stereocenters. The van der Waals surface area contributed by atoms with Crippen molar-refractivity contribution in [3.63, 3.8) is 0 Å². The molecule has 0 aliphatic heterocycles. The maximum atomic E-state index is 9.87. The third kappa shape index (κ3) is 4.78. The van der Waals surface area contributed by atoms with E-state index in [9.17, 15) is 10.2 Å². The molecule has 0 fully saturated rings. The van der Waals surface area contributed by atoms with E-state index in [2.05, 4.69) is 6.92 Å². The van der Waals surface area contributed by atoms with Crippen molar-refractivity contribution in [1.82, 2.24) is 0 Å². The Kier molecular flexibility index (Phi) is 4.58. The lowest BCUT2D eigenvalue weighted by Crippen LogP contribution is -2.18. The van der Waals surface area contributed by atoms with Gasteiger partial charge < -0.3 is 10.2 Å². The zero-order chi connectivity index (χ0) is 13.1. The molecular weight excluding hydrogens is 212 g/mol. The molecule has 1 atom stereocenters. The van der Waals surface area contributed by atoms with E-state index in [1.807, 2.05) is 39.0 Å². The van der Waals surface area contributed by atoms with E-state index < -0.39 is 5.60 Å². The molecule has 0 amide bonds. The van der Waals surface area contributed by atoms with Gasteiger partial charge in [0.2, 0.25) is 0 Å². The van der Waals surface area contributed by atoms with Crippen LogP contribution in [0.3, 0.4) is 0 Å². The van der Waals surface area contributed by atoms with Gasteiger partial charge in [-0.15, -0.1) is 0 Å². The van der Waals surface area contributed by atoms with Crippen LogP contribution in [0.25, 0.3) is 0 Å². The third-order valence-electron chi connectivity index (χ3n) is 3.14. The molecule has 2 heteroatoms. The molecule has 1 aromatic carbocycles. The molecule has 0 radical (unpaired) electrons. The molecule has 2 N–H and O–H groups in total. The smallest absolute Gasteiger partial charge is 0.119 e. The van der Waals surface area contributed by atoms with E-state index in [0.29, 0.717) is 11.7 Å². The number of phenolic OH excluding ortho intramolecular Hbond substituents is 1. The Morgan fingerprint density at radius 2 is 1.94 bits per heavy atom. The molecule has 0 heterocycles. The van der Waals surface area contributed by atoms with Crippen LogP contribution in [0.5, 0.6) is 5.75 Å². The highest BCUT2D eigenvalue weighted by molar-refractivity contribution is 5.38. The highest BCUT2D eigenvalue weighted by atomic mass is 16.3. The first kappa shape index (κ1) is 14.0. The number of aryl methyl sites for hydroxylation is 1. The molecule has 96 valence electrons. The molecule has 0 aliphatic rings. The van der Waals surface area contributed by atoms with Crippen LogP contribution in [0, 0.1) is 6.92 Å². The average Bonchev–Trinajstić information content (AvgIpc) is 2.15. The van der Waals surface area contributed by atoms with Gasteiger partial charge in [-0.3, -0.25) is 0 Å². The van der Waals surface area contributed by atoms with Crippen LogP contribution < -0.4 is 0 Å². The first-order valence-corrected chi connectivity index (χ1v) is 6.31. The van der Waals surface area contributed by atoms with E-state index in [4.69, 9.17) is 0 Å². The first-order valence-electron chi connectivity index (χ1n) is 6.31. The summed E-state index contributed by atoms with van der Waals surface area (Å²) in [5, 5.41) is 19.5. The zero-order valence-electron chi connectivity index (χ0n) is 11.3. The minimum absolute atomic E-state index is 0.331. The number of benzene rings is 1. The zero-order valence-corrected chi connectivity index (χ0v) is 11.3. The van der Waals surface area contributed by atoms with Gasteiger partial charge in [0.1, 0.15) is 5.75 Å². The monoisotopic (exact) mass is 236 g/mol. The largest absolute Gasteiger partial charge is 0.508 e. The number of aromatic hydroxyl groups is 1. The van der Waals surface area contributed by atoms with Crippen molar-refractivity contribution in [3.05, 3.63) is 29.3 Å². The topological polar surface area (TPSA) is 40.5 Å². The summed E-state index contributed by atoms with van der Waals surface area (Å²) in [6, 6.07) is 5.84. The number of hydrogen-bond donors (Lipinski definition) is 2. The van der Waals surface area contributed by atoms with Gasteiger partial charge in [0.05, 0.1) is 5.60 Å². The predicted octanol–water partition coefficient (Wildman–Crippen LogP) is 3.75. The van der Waals surface area contributed by atoms with E-state index in [1.165, 1.54) is 0 Å². The van der Waals surface area contributed by atoms with Crippen molar-refractivity contribution in [2.24, 2.45) is 0 Å². The molecule has 0 saturated carbocycles. The van der Waals surface area contributed by atoms with Crippen LogP contribution in [0.4, 0.5) is 0 Å². The Morgan fingerprint density at radius 1 is 1.29 bits per heavy atom. The van der Waals surface area contributed by atoms with Crippen molar-refractivity contribution in [2.75, 3.05) is 0 Å². The van der Waals surface area contributed by atoms with Crippen molar-refractivity contribution < 1.29 is 10.2 Å². The van der Waals surface area contributed by atoms with Gasteiger partial charge in [-0.25, -0.2) is 0 Å². The van der Waals surface area contributed by atoms with Crippen molar-refractivity contribution in [2.45, 2.75) is 58.5 Å². The van der Waals surface area contributed by atoms with Gasteiger partial charge in [-0.05, 0) is 56.7 Å². The first-order chi connectivity index (χ1) is 7.79. The third-order valence-corrected chi connectivity index (χ3v) is 3.14. The summed E-state index contributed by atoms with van der Waals surface area (Å²) in [4.78, 5) is 0. The fourth-order valence-electron chi connectivity index (χ4n) is 2.07. The molecule has 0 bridgehead atoms. The van der Waals surface area contributed by atoms with Gasteiger partial charge >= 0.3 is 0 Å². The number of phenols is 1. The molecular formula is C15H24O2. The Hall–Kier alpha value is -1.02. The Labute approximate surface area is 104 Å². The lowest BCUT2D eigenvalue weighted by atomic mass is 9.91. The fraction of sp³-hybridized carbons (Fsp3) is 0.600. The molecule has 0 aromatic heterocycles. The van der Waals surface area contributed by atoms with Crippen molar-refractivity contribution in [1.29, 1.82) is 0 Å². The summed E-state index contributed by atoms with van der Waals surface area (Å²) in [5.41, 5.74) is 1.50. The molecule has 1 aromatic rings. The lowest BCUT2D eigenvalue weighted by Gasteiger charge is -2.19. The Morgan fingerprint density at radius 3 is 2.47 bits per heavy atom. The van der Waals surface area contributed by atoms with Gasteiger partial charge in [-0.1, -0.05) is 25.5 Å². The molecule has 0 aliphatic carbocycles. The highest BCUT2D eigenvalue weighted by Gasteiger charge is 2.15. The van der Waals surface area contributed by atoms with Crippen molar-refractivity contribution >= 4 is 0 Å². The molecule has 1 rings (SSSR count). The minimum Gasteiger partial charge on any atom is -0.508 e. The average molecular weight is 236 g/mol. The summed E-state index contributed by atoms with van der Waals surface area (Å²) < 4.78 is 0. The lowest BCUT2D eigenvalue weighted by molar-refractivity contribution is 0.0678. The van der Waals surface area contributed by atoms with Gasteiger partial charge in [0.25, 0.3) is 0 Å². The van der Waals surface area contributed by atoms with E-state index in [0.717, 1.165) is 30.4 Å². The maximum absolute atomic E-state index is 9.87. The maximum Gasteiger partial charge on any atom is 0.119 e. The van der Waals surface area contributed by atoms with Crippen LogP contribution in [0.2, 0.25) is 0 Å². The van der Waals surface area contributed by atoms with Gasteiger partial charge in [0.15, 0.2) is 0 Å². The van der Waals surface area contributed by atoms with Crippen LogP contribution in [0.15, 0.2) is 18.2 Å². The van der Waals surface area contributed by atoms with E-state index >= 15 is 0 Å². The second-order valence-electron chi connectivity index (χ2n) is 5.67. The van der Waals surface area contributed by atoms with E-state index in [-0.39, 0.29) is 0 Å². The summed E-state index contributed by atoms with van der Waals surface area (Å²) in [6.45, 7) is 7.76. The second kappa shape index (κ2) is 5.54. The van der Waals surface area contributed by atoms with Crippen LogP contribution in [-0.4, -0.2) is 15.8 Å². The quantitative estimate of drug-likeness (QED) is 0.817. The van der Waals surface area contributed by atoms with Crippen LogP contribution in [0.1, 0.15) is 57.1 Å².